The molecular formula is C34H29FN2O6. The first-order valence-electron chi connectivity index (χ1n) is 13.1. The van der Waals surface area contributed by atoms with E-state index >= 15 is 0 Å². The number of ketones is 1. The summed E-state index contributed by atoms with van der Waals surface area (Å²) in [5, 5.41) is 5.25. The van der Waals surface area contributed by atoms with Crippen LogP contribution in [0.15, 0.2) is 103 Å². The number of hydrogen-bond donors (Lipinski definition) is 2. The molecule has 4 aromatic rings. The minimum Gasteiger partial charge on any atom is -0.493 e. The SMILES string of the molecule is COc1cc(/C=C/C(=O)c2ccc(NC(=O)/C(=C/c3ccccc3F)NC(=O)c3ccccc3)cc2)cc(OC)c1OC. The van der Waals surface area contributed by atoms with E-state index in [4.69, 9.17) is 14.2 Å². The van der Waals surface area contributed by atoms with Crippen molar-refractivity contribution in [1.82, 2.24) is 5.32 Å². The highest BCUT2D eigenvalue weighted by molar-refractivity contribution is 6.11. The van der Waals surface area contributed by atoms with Crippen molar-refractivity contribution >= 4 is 35.4 Å². The van der Waals surface area contributed by atoms with E-state index in [0.29, 0.717) is 39.6 Å². The molecule has 0 saturated heterocycles. The third-order valence-electron chi connectivity index (χ3n) is 6.28. The molecule has 2 N–H and O–H groups in total. The third-order valence-corrected chi connectivity index (χ3v) is 6.28. The molecular weight excluding hydrogens is 551 g/mol. The van der Waals surface area contributed by atoms with Crippen LogP contribution in [0.1, 0.15) is 31.8 Å². The van der Waals surface area contributed by atoms with Crippen molar-refractivity contribution in [3.63, 3.8) is 0 Å². The molecule has 4 aromatic carbocycles. The predicted octanol–water partition coefficient (Wildman–Crippen LogP) is 6.16. The van der Waals surface area contributed by atoms with E-state index in [1.54, 1.807) is 78.9 Å². The van der Waals surface area contributed by atoms with E-state index in [1.807, 2.05) is 0 Å². The van der Waals surface area contributed by atoms with Gasteiger partial charge < -0.3 is 24.8 Å². The lowest BCUT2D eigenvalue weighted by atomic mass is 10.1. The number of benzene rings is 4. The van der Waals surface area contributed by atoms with Crippen LogP contribution in [0.25, 0.3) is 12.2 Å². The second kappa shape index (κ2) is 14.3. The summed E-state index contributed by atoms with van der Waals surface area (Å²) in [6.45, 7) is 0. The highest BCUT2D eigenvalue weighted by Gasteiger charge is 2.16. The van der Waals surface area contributed by atoms with E-state index in [9.17, 15) is 18.8 Å². The van der Waals surface area contributed by atoms with Gasteiger partial charge in [-0.2, -0.15) is 0 Å². The Balaban J connectivity index is 1.50. The van der Waals surface area contributed by atoms with Crippen LogP contribution in [-0.2, 0) is 4.79 Å². The predicted molar refractivity (Wildman–Crippen MR) is 163 cm³/mol. The van der Waals surface area contributed by atoms with Crippen molar-refractivity contribution in [1.29, 1.82) is 0 Å². The second-order valence-corrected chi connectivity index (χ2v) is 9.09. The van der Waals surface area contributed by atoms with Crippen LogP contribution in [0.4, 0.5) is 10.1 Å². The first-order valence-corrected chi connectivity index (χ1v) is 13.1. The molecule has 0 radical (unpaired) electrons. The molecule has 2 amide bonds. The van der Waals surface area contributed by atoms with E-state index in [-0.39, 0.29) is 17.0 Å². The maximum atomic E-state index is 14.4. The van der Waals surface area contributed by atoms with Crippen molar-refractivity contribution in [2.75, 3.05) is 26.6 Å². The van der Waals surface area contributed by atoms with Crippen LogP contribution in [-0.4, -0.2) is 38.9 Å². The maximum Gasteiger partial charge on any atom is 0.272 e. The second-order valence-electron chi connectivity index (χ2n) is 9.09. The molecule has 0 spiro atoms. The molecule has 0 fully saturated rings. The highest BCUT2D eigenvalue weighted by Crippen LogP contribution is 2.38. The van der Waals surface area contributed by atoms with Crippen LogP contribution < -0.4 is 24.8 Å². The van der Waals surface area contributed by atoms with Gasteiger partial charge in [-0.25, -0.2) is 4.39 Å². The number of halogens is 1. The number of rotatable bonds is 11. The van der Waals surface area contributed by atoms with Crippen molar-refractivity contribution in [2.24, 2.45) is 0 Å². The molecule has 43 heavy (non-hydrogen) atoms. The third kappa shape index (κ3) is 7.74. The Morgan fingerprint density at radius 1 is 0.744 bits per heavy atom. The molecule has 4 rings (SSSR count). The number of amides is 2. The Hall–Kier alpha value is -5.70. The van der Waals surface area contributed by atoms with E-state index < -0.39 is 17.6 Å². The molecule has 218 valence electrons. The average Bonchev–Trinajstić information content (AvgIpc) is 3.04. The minimum absolute atomic E-state index is 0.126. The van der Waals surface area contributed by atoms with Gasteiger partial charge in [-0.05, 0) is 72.3 Å². The zero-order valence-corrected chi connectivity index (χ0v) is 23.7. The molecule has 0 atom stereocenters. The quantitative estimate of drug-likeness (QED) is 0.163. The van der Waals surface area contributed by atoms with Gasteiger partial charge in [0.1, 0.15) is 11.5 Å². The maximum absolute atomic E-state index is 14.4. The Morgan fingerprint density at radius 3 is 1.98 bits per heavy atom. The number of carbonyl (C=O) groups excluding carboxylic acids is 3. The Bertz CT molecular complexity index is 1660. The van der Waals surface area contributed by atoms with Gasteiger partial charge in [-0.1, -0.05) is 42.5 Å². The summed E-state index contributed by atoms with van der Waals surface area (Å²) in [7, 11) is 4.52. The highest BCUT2D eigenvalue weighted by atomic mass is 19.1. The fraction of sp³-hybridized carbons (Fsp3) is 0.0882. The number of allylic oxidation sites excluding steroid dienone is 1. The first-order chi connectivity index (χ1) is 20.8. The smallest absolute Gasteiger partial charge is 0.272 e. The summed E-state index contributed by atoms with van der Waals surface area (Å²) >= 11 is 0. The van der Waals surface area contributed by atoms with Crippen LogP contribution in [0.3, 0.4) is 0 Å². The van der Waals surface area contributed by atoms with Gasteiger partial charge in [0, 0.05) is 22.4 Å². The van der Waals surface area contributed by atoms with Crippen LogP contribution >= 0.6 is 0 Å². The Morgan fingerprint density at radius 2 is 1.37 bits per heavy atom. The number of nitrogens with one attached hydrogen (secondary N) is 2. The van der Waals surface area contributed by atoms with Gasteiger partial charge in [-0.15, -0.1) is 0 Å². The van der Waals surface area contributed by atoms with Gasteiger partial charge in [-0.3, -0.25) is 14.4 Å². The number of anilines is 1. The largest absolute Gasteiger partial charge is 0.493 e. The van der Waals surface area contributed by atoms with E-state index in [2.05, 4.69) is 10.6 Å². The molecule has 0 aromatic heterocycles. The summed E-state index contributed by atoms with van der Waals surface area (Å²) < 4.78 is 30.4. The molecule has 0 aliphatic carbocycles. The van der Waals surface area contributed by atoms with Crippen molar-refractivity contribution in [3.05, 3.63) is 131 Å². The molecule has 9 heteroatoms. The standard InChI is InChI=1S/C34H29FN2O6/c1-41-30-19-22(20-31(42-2)32(30)43-3)13-18-29(38)23-14-16-26(17-15-23)36-34(40)28(21-25-11-7-8-12-27(25)35)37-33(39)24-9-5-4-6-10-24/h4-21H,1-3H3,(H,36,40)(H,37,39)/b18-13+,28-21-. The van der Waals surface area contributed by atoms with Crippen LogP contribution in [0, 0.1) is 5.82 Å². The van der Waals surface area contributed by atoms with Gasteiger partial charge >= 0.3 is 0 Å². The summed E-state index contributed by atoms with van der Waals surface area (Å²) in [5.41, 5.74) is 1.70. The van der Waals surface area contributed by atoms with Gasteiger partial charge in [0.2, 0.25) is 5.75 Å². The number of hydrogen-bond acceptors (Lipinski definition) is 6. The van der Waals surface area contributed by atoms with Crippen molar-refractivity contribution < 1.29 is 33.0 Å². The molecule has 0 aliphatic rings. The number of carbonyl (C=O) groups is 3. The molecule has 0 saturated carbocycles. The molecule has 0 bridgehead atoms. The number of ether oxygens (including phenoxy) is 3. The topological polar surface area (TPSA) is 103 Å². The fourth-order valence-electron chi connectivity index (χ4n) is 4.07. The van der Waals surface area contributed by atoms with Gasteiger partial charge in [0.15, 0.2) is 17.3 Å². The van der Waals surface area contributed by atoms with E-state index in [0.717, 1.165) is 0 Å². The summed E-state index contributed by atoms with van der Waals surface area (Å²) in [4.78, 5) is 38.8. The molecule has 0 unspecified atom stereocenters. The van der Waals surface area contributed by atoms with Crippen molar-refractivity contribution in [2.45, 2.75) is 0 Å². The zero-order valence-electron chi connectivity index (χ0n) is 23.7. The Labute approximate surface area is 248 Å². The summed E-state index contributed by atoms with van der Waals surface area (Å²) in [5.74, 6) is -0.675. The molecule has 0 heterocycles. The molecule has 8 nitrogen and oxygen atoms in total. The summed E-state index contributed by atoms with van der Waals surface area (Å²) in [6.07, 6.45) is 4.29. The lowest BCUT2D eigenvalue weighted by Gasteiger charge is -2.12. The zero-order chi connectivity index (χ0) is 30.8. The lowest BCUT2D eigenvalue weighted by molar-refractivity contribution is -0.113. The lowest BCUT2D eigenvalue weighted by Crippen LogP contribution is -2.30. The monoisotopic (exact) mass is 580 g/mol. The first kappa shape index (κ1) is 30.3. The van der Waals surface area contributed by atoms with Crippen LogP contribution in [0.2, 0.25) is 0 Å². The molecule has 0 aliphatic heterocycles. The van der Waals surface area contributed by atoms with Crippen LogP contribution in [0.5, 0.6) is 17.2 Å². The summed E-state index contributed by atoms with van der Waals surface area (Å²) in [6, 6.07) is 23.9. The van der Waals surface area contributed by atoms with E-state index in [1.165, 1.54) is 51.7 Å². The van der Waals surface area contributed by atoms with Gasteiger partial charge in [0.25, 0.3) is 11.8 Å². The normalized spacial score (nSPS) is 11.1. The average molecular weight is 581 g/mol. The fourth-order valence-corrected chi connectivity index (χ4v) is 4.07. The minimum atomic E-state index is -0.672. The van der Waals surface area contributed by atoms with Gasteiger partial charge in [0.05, 0.1) is 21.3 Å². The Kier molecular flexibility index (Phi) is 10.0. The number of methoxy groups -OCH3 is 3. The van der Waals surface area contributed by atoms with Crippen molar-refractivity contribution in [3.8, 4) is 17.2 Å².